The van der Waals surface area contributed by atoms with Gasteiger partial charge in [-0.1, -0.05) is 74.9 Å². The molecule has 7 unspecified atom stereocenters. The van der Waals surface area contributed by atoms with Crippen molar-refractivity contribution in [3.8, 4) is 0 Å². The summed E-state index contributed by atoms with van der Waals surface area (Å²) < 4.78 is 8.86. The van der Waals surface area contributed by atoms with Crippen LogP contribution in [0.25, 0.3) is 21.8 Å². The molecule has 8 rings (SSSR count). The third kappa shape index (κ3) is 11.3. The van der Waals surface area contributed by atoms with Gasteiger partial charge in [0.2, 0.25) is 23.6 Å². The molecule has 4 fully saturated rings. The SMILES string of the molecule is CNC(C)C(=O)NC(C(=O)N1CCCC1Cc1cn(CCOCCC(c2c[nH]c3ccccc23)C2CCCN2C(=O)C(NC(=O)C(C)NC)C2CCCCC2)c2ccccc12)C1CCCCC1. The van der Waals surface area contributed by atoms with E-state index in [-0.39, 0.29) is 65.5 Å². The van der Waals surface area contributed by atoms with Crippen LogP contribution in [0.5, 0.6) is 0 Å². The number of H-pyrrole nitrogens is 1. The predicted molar refractivity (Wildman–Crippen MR) is 266 cm³/mol. The molecule has 4 heterocycles. The standard InChI is InChI=1S/C54H78N8O5/c1-36(55-3)51(63)58-49(38-17-7-5-8-18-38)53(65)61-28-15-21-41(61)33-40-35-60(47-25-14-12-22-42(40)47)30-32-67-31-27-44(45-34-57-46-24-13-11-23-43(45)46)48-26-16-29-62(48)54(66)50(39-19-9-6-10-20-39)59-52(64)37(2)56-4/h11-14,22-25,34-39,41,44,48-50,55-57H,5-10,15-21,26-33H2,1-4H3,(H,58,63)(H,59,64). The number of likely N-dealkylation sites (N-methyl/N-ethyl adjacent to an activating group) is 2. The van der Waals surface area contributed by atoms with Crippen molar-refractivity contribution in [2.45, 2.75) is 165 Å². The van der Waals surface area contributed by atoms with Crippen LogP contribution in [0.15, 0.2) is 60.9 Å². The van der Waals surface area contributed by atoms with E-state index < -0.39 is 12.1 Å². The monoisotopic (exact) mass is 919 g/mol. The van der Waals surface area contributed by atoms with Crippen LogP contribution in [-0.2, 0) is 36.9 Å². The number of carbonyl (C=O) groups excluding carboxylic acids is 4. The van der Waals surface area contributed by atoms with E-state index in [1.165, 1.54) is 34.7 Å². The summed E-state index contributed by atoms with van der Waals surface area (Å²) in [6, 6.07) is 15.3. The van der Waals surface area contributed by atoms with E-state index in [9.17, 15) is 19.2 Å². The lowest BCUT2D eigenvalue weighted by Gasteiger charge is -2.38. The largest absolute Gasteiger partial charge is 0.380 e. The lowest BCUT2D eigenvalue weighted by molar-refractivity contribution is -0.140. The number of hydrogen-bond acceptors (Lipinski definition) is 7. The quantitative estimate of drug-likeness (QED) is 0.0589. The molecule has 4 aromatic rings. The Morgan fingerprint density at radius 1 is 0.687 bits per heavy atom. The summed E-state index contributed by atoms with van der Waals surface area (Å²) in [6.07, 6.45) is 20.3. The summed E-state index contributed by atoms with van der Waals surface area (Å²) >= 11 is 0. The zero-order valence-corrected chi connectivity index (χ0v) is 40.7. The van der Waals surface area contributed by atoms with Crippen molar-refractivity contribution in [1.29, 1.82) is 0 Å². The molecule has 0 bridgehead atoms. The molecule has 4 aliphatic rings. The number of amides is 4. The summed E-state index contributed by atoms with van der Waals surface area (Å²) in [6.45, 7) is 6.86. The molecule has 364 valence electrons. The van der Waals surface area contributed by atoms with Crippen LogP contribution >= 0.6 is 0 Å². The molecule has 0 radical (unpaired) electrons. The van der Waals surface area contributed by atoms with Crippen LogP contribution in [0, 0.1) is 11.8 Å². The number of carbonyl (C=O) groups is 4. The average molecular weight is 919 g/mol. The second-order valence-corrected chi connectivity index (χ2v) is 20.2. The number of hydrogen-bond donors (Lipinski definition) is 5. The van der Waals surface area contributed by atoms with Gasteiger partial charge in [-0.25, -0.2) is 0 Å². The topological polar surface area (TPSA) is 153 Å². The van der Waals surface area contributed by atoms with Crippen molar-refractivity contribution >= 4 is 45.4 Å². The first-order valence-corrected chi connectivity index (χ1v) is 25.9. The number of rotatable bonds is 20. The van der Waals surface area contributed by atoms with Crippen molar-refractivity contribution in [2.24, 2.45) is 11.8 Å². The average Bonchev–Trinajstić information content (AvgIpc) is 4.20. The van der Waals surface area contributed by atoms with Crippen molar-refractivity contribution in [1.82, 2.24) is 40.6 Å². The predicted octanol–water partition coefficient (Wildman–Crippen LogP) is 7.18. The fourth-order valence-corrected chi connectivity index (χ4v) is 12.1. The summed E-state index contributed by atoms with van der Waals surface area (Å²) in [5, 5.41) is 14.9. The highest BCUT2D eigenvalue weighted by molar-refractivity contribution is 5.91. The van der Waals surface area contributed by atoms with Gasteiger partial charge < -0.3 is 45.4 Å². The third-order valence-corrected chi connectivity index (χ3v) is 16.1. The van der Waals surface area contributed by atoms with Crippen LogP contribution in [0.2, 0.25) is 0 Å². The van der Waals surface area contributed by atoms with E-state index in [0.717, 1.165) is 107 Å². The maximum absolute atomic E-state index is 14.8. The van der Waals surface area contributed by atoms with Gasteiger partial charge in [-0.05, 0) is 127 Å². The fourth-order valence-electron chi connectivity index (χ4n) is 12.1. The molecule has 2 aliphatic carbocycles. The summed E-state index contributed by atoms with van der Waals surface area (Å²) in [5.74, 6) is 0.260. The molecule has 67 heavy (non-hydrogen) atoms. The molecule has 2 aliphatic heterocycles. The Balaban J connectivity index is 0.949. The van der Waals surface area contributed by atoms with Crippen LogP contribution < -0.4 is 21.3 Å². The van der Waals surface area contributed by atoms with Gasteiger partial charge in [-0.2, -0.15) is 0 Å². The van der Waals surface area contributed by atoms with Gasteiger partial charge in [0.25, 0.3) is 0 Å². The molecule has 2 saturated carbocycles. The first kappa shape index (κ1) is 48.7. The number of fused-ring (bicyclic) bond motifs is 2. The third-order valence-electron chi connectivity index (χ3n) is 16.1. The smallest absolute Gasteiger partial charge is 0.245 e. The lowest BCUT2D eigenvalue weighted by Crippen LogP contribution is -2.57. The highest BCUT2D eigenvalue weighted by Gasteiger charge is 2.43. The van der Waals surface area contributed by atoms with Gasteiger partial charge in [-0.15, -0.1) is 0 Å². The Bertz CT molecular complexity index is 2280. The number of ether oxygens (including phenoxy) is 1. The van der Waals surface area contributed by atoms with E-state index >= 15 is 0 Å². The Hall–Kier alpha value is -4.72. The van der Waals surface area contributed by atoms with Gasteiger partial charge >= 0.3 is 0 Å². The van der Waals surface area contributed by atoms with E-state index in [1.54, 1.807) is 14.1 Å². The summed E-state index contributed by atoms with van der Waals surface area (Å²) in [4.78, 5) is 63.5. The molecule has 2 aromatic carbocycles. The van der Waals surface area contributed by atoms with Gasteiger partial charge in [-0.3, -0.25) is 19.2 Å². The Labute approximate surface area is 398 Å². The molecule has 13 heteroatoms. The molecule has 4 amide bonds. The minimum atomic E-state index is -0.527. The van der Waals surface area contributed by atoms with E-state index in [2.05, 4.69) is 102 Å². The van der Waals surface area contributed by atoms with Gasteiger partial charge in [0, 0.05) is 78.4 Å². The van der Waals surface area contributed by atoms with E-state index in [0.29, 0.717) is 26.3 Å². The van der Waals surface area contributed by atoms with Gasteiger partial charge in [0.05, 0.1) is 18.7 Å². The highest BCUT2D eigenvalue weighted by Crippen LogP contribution is 2.39. The van der Waals surface area contributed by atoms with Crippen molar-refractivity contribution < 1.29 is 23.9 Å². The Morgan fingerprint density at radius 2 is 1.27 bits per heavy atom. The van der Waals surface area contributed by atoms with Crippen LogP contribution in [0.4, 0.5) is 0 Å². The second kappa shape index (κ2) is 23.1. The minimum absolute atomic E-state index is 0.0101. The first-order valence-electron chi connectivity index (χ1n) is 25.9. The molecule has 5 N–H and O–H groups in total. The fraction of sp³-hybridized carbons (Fsp3) is 0.630. The van der Waals surface area contributed by atoms with Crippen LogP contribution in [0.3, 0.4) is 0 Å². The van der Waals surface area contributed by atoms with E-state index in [4.69, 9.17) is 4.74 Å². The minimum Gasteiger partial charge on any atom is -0.380 e. The first-order chi connectivity index (χ1) is 32.7. The van der Waals surface area contributed by atoms with Crippen LogP contribution in [-0.4, -0.2) is 120 Å². The van der Waals surface area contributed by atoms with Gasteiger partial charge in [0.1, 0.15) is 12.1 Å². The number of aromatic amines is 1. The molecule has 7 atom stereocenters. The van der Waals surface area contributed by atoms with Crippen LogP contribution in [0.1, 0.15) is 127 Å². The van der Waals surface area contributed by atoms with Crippen molar-refractivity contribution in [2.75, 3.05) is 40.4 Å². The number of likely N-dealkylation sites (tertiary alicyclic amines) is 2. The van der Waals surface area contributed by atoms with Crippen molar-refractivity contribution in [3.63, 3.8) is 0 Å². The zero-order valence-electron chi connectivity index (χ0n) is 40.7. The van der Waals surface area contributed by atoms with Gasteiger partial charge in [0.15, 0.2) is 0 Å². The number of benzene rings is 2. The Kier molecular flexibility index (Phi) is 16.8. The summed E-state index contributed by atoms with van der Waals surface area (Å²) in [5.41, 5.74) is 4.69. The normalized spacial score (nSPS) is 21.9. The number of nitrogens with zero attached hydrogens (tertiary/aromatic N) is 3. The highest BCUT2D eigenvalue weighted by atomic mass is 16.5. The lowest BCUT2D eigenvalue weighted by atomic mass is 9.82. The molecule has 13 nitrogen and oxygen atoms in total. The second-order valence-electron chi connectivity index (χ2n) is 20.2. The number of para-hydroxylation sites is 2. The number of aromatic nitrogens is 2. The van der Waals surface area contributed by atoms with Crippen molar-refractivity contribution in [3.05, 3.63) is 72.1 Å². The Morgan fingerprint density at radius 3 is 1.93 bits per heavy atom. The molecule has 2 saturated heterocycles. The molecule has 0 spiro atoms. The molecule has 2 aromatic heterocycles. The molecular formula is C54H78N8O5. The zero-order chi connectivity index (χ0) is 46.9. The molecular weight excluding hydrogens is 841 g/mol. The maximum atomic E-state index is 14.8. The number of nitrogens with one attached hydrogen (secondary N) is 5. The summed E-state index contributed by atoms with van der Waals surface area (Å²) in [7, 11) is 3.56. The van der Waals surface area contributed by atoms with E-state index in [1.807, 2.05) is 13.8 Å². The maximum Gasteiger partial charge on any atom is 0.245 e.